The number of nitrogens with one attached hydrogen (secondary N) is 1. The fourth-order valence-electron chi connectivity index (χ4n) is 1.75. The summed E-state index contributed by atoms with van der Waals surface area (Å²) in [5.41, 5.74) is 0.486. The zero-order chi connectivity index (χ0) is 14.4. The van der Waals surface area contributed by atoms with Crippen molar-refractivity contribution in [2.45, 2.75) is 13.0 Å². The van der Waals surface area contributed by atoms with E-state index in [0.717, 1.165) is 11.4 Å². The molecule has 0 aliphatic heterocycles. The Bertz CT molecular complexity index is 559. The molecule has 2 aromatic rings. The van der Waals surface area contributed by atoms with Gasteiger partial charge in [-0.15, -0.1) is 0 Å². The van der Waals surface area contributed by atoms with E-state index in [-0.39, 0.29) is 11.7 Å². The van der Waals surface area contributed by atoms with E-state index in [4.69, 9.17) is 0 Å². The summed E-state index contributed by atoms with van der Waals surface area (Å²) in [7, 11) is 1.95. The van der Waals surface area contributed by atoms with E-state index in [9.17, 15) is 9.18 Å². The van der Waals surface area contributed by atoms with E-state index in [1.165, 1.54) is 23.7 Å². The minimum absolute atomic E-state index is 0.119. The van der Waals surface area contributed by atoms with Gasteiger partial charge < -0.3 is 10.2 Å². The van der Waals surface area contributed by atoms with Gasteiger partial charge in [-0.25, -0.2) is 8.76 Å². The lowest BCUT2D eigenvalue weighted by Gasteiger charge is -2.14. The number of anilines is 1. The summed E-state index contributed by atoms with van der Waals surface area (Å²) in [4.78, 5) is 15.0. The maximum absolute atomic E-state index is 13.0. The molecule has 6 heteroatoms. The van der Waals surface area contributed by atoms with Crippen LogP contribution in [-0.4, -0.2) is 28.8 Å². The second-order valence-corrected chi connectivity index (χ2v) is 5.44. The average Bonchev–Trinajstić information content (AvgIpc) is 2.89. The number of aromatic nitrogens is 1. The molecular formula is C14H16FN3OS. The molecule has 0 aliphatic carbocycles. The van der Waals surface area contributed by atoms with Crippen molar-refractivity contribution >= 4 is 23.1 Å². The first-order valence-electron chi connectivity index (χ1n) is 6.27. The molecule has 0 bridgehead atoms. The molecule has 0 saturated heterocycles. The van der Waals surface area contributed by atoms with Gasteiger partial charge in [0.05, 0.1) is 0 Å². The summed E-state index contributed by atoms with van der Waals surface area (Å²) in [6.07, 6.45) is 2.14. The topological polar surface area (TPSA) is 45.2 Å². The van der Waals surface area contributed by atoms with Gasteiger partial charge in [-0.05, 0) is 42.8 Å². The van der Waals surface area contributed by atoms with Crippen molar-refractivity contribution in [3.63, 3.8) is 0 Å². The minimum Gasteiger partial charge on any atom is -0.326 e. The Morgan fingerprint density at radius 2 is 2.30 bits per heavy atom. The first-order chi connectivity index (χ1) is 9.63. The lowest BCUT2D eigenvalue weighted by Crippen LogP contribution is -2.23. The molecule has 0 atom stereocenters. The van der Waals surface area contributed by atoms with Gasteiger partial charge in [-0.1, -0.05) is 6.07 Å². The number of carbonyl (C=O) groups excluding carboxylic acids is 1. The summed E-state index contributed by atoms with van der Waals surface area (Å²) in [6, 6.07) is 7.86. The Hall–Kier alpha value is -1.79. The number of nitrogens with zero attached hydrogens (tertiary/aromatic N) is 2. The van der Waals surface area contributed by atoms with Crippen LogP contribution in [0, 0.1) is 5.82 Å². The molecule has 1 N–H and O–H groups in total. The van der Waals surface area contributed by atoms with Crippen LogP contribution in [0.3, 0.4) is 0 Å². The van der Waals surface area contributed by atoms with Crippen LogP contribution in [0.4, 0.5) is 10.1 Å². The van der Waals surface area contributed by atoms with Crippen LogP contribution < -0.4 is 5.32 Å². The Balaban J connectivity index is 1.74. The monoisotopic (exact) mass is 293 g/mol. The van der Waals surface area contributed by atoms with Gasteiger partial charge in [0.25, 0.3) is 0 Å². The summed E-state index contributed by atoms with van der Waals surface area (Å²) in [5, 5.41) is 2.68. The third-order valence-corrected chi connectivity index (χ3v) is 3.47. The Kier molecular flexibility index (Phi) is 5.20. The molecule has 0 spiro atoms. The van der Waals surface area contributed by atoms with Crippen LogP contribution in [0.2, 0.25) is 0 Å². The molecule has 2 rings (SSSR count). The molecule has 1 heterocycles. The number of hydrogen-bond donors (Lipinski definition) is 1. The molecule has 0 fully saturated rings. The van der Waals surface area contributed by atoms with Crippen molar-refractivity contribution in [2.24, 2.45) is 0 Å². The Morgan fingerprint density at radius 3 is 3.00 bits per heavy atom. The Labute approximate surface area is 121 Å². The average molecular weight is 293 g/mol. The smallest absolute Gasteiger partial charge is 0.225 e. The third-order valence-electron chi connectivity index (χ3n) is 2.75. The number of halogens is 1. The molecule has 106 valence electrons. The predicted octanol–water partition coefficient (Wildman–Crippen LogP) is 2.74. The van der Waals surface area contributed by atoms with Gasteiger partial charge in [0.15, 0.2) is 0 Å². The second kappa shape index (κ2) is 7.12. The van der Waals surface area contributed by atoms with E-state index < -0.39 is 0 Å². The van der Waals surface area contributed by atoms with E-state index in [0.29, 0.717) is 18.7 Å². The largest absolute Gasteiger partial charge is 0.326 e. The lowest BCUT2D eigenvalue weighted by molar-refractivity contribution is -0.116. The van der Waals surface area contributed by atoms with E-state index in [1.807, 2.05) is 13.1 Å². The molecule has 1 aromatic heterocycles. The summed E-state index contributed by atoms with van der Waals surface area (Å²) < 4.78 is 17.0. The third kappa shape index (κ3) is 4.71. The van der Waals surface area contributed by atoms with Crippen LogP contribution in [0.25, 0.3) is 0 Å². The number of rotatable bonds is 6. The first kappa shape index (κ1) is 14.6. The number of hydrogen-bond acceptors (Lipinski definition) is 4. The quantitative estimate of drug-likeness (QED) is 0.890. The van der Waals surface area contributed by atoms with Crippen LogP contribution in [0.5, 0.6) is 0 Å². The SMILES string of the molecule is CN(CCC(=O)Nc1cccc(F)c1)Cc1ccns1. The molecule has 1 aromatic carbocycles. The van der Waals surface area contributed by atoms with Crippen molar-refractivity contribution < 1.29 is 9.18 Å². The maximum Gasteiger partial charge on any atom is 0.225 e. The van der Waals surface area contributed by atoms with Gasteiger partial charge in [0.1, 0.15) is 5.82 Å². The van der Waals surface area contributed by atoms with Crippen LogP contribution in [0.15, 0.2) is 36.5 Å². The maximum atomic E-state index is 13.0. The van der Waals surface area contributed by atoms with Gasteiger partial charge in [-0.3, -0.25) is 4.79 Å². The zero-order valence-electron chi connectivity index (χ0n) is 11.2. The van der Waals surface area contributed by atoms with Gasteiger partial charge in [0.2, 0.25) is 5.91 Å². The number of amides is 1. The molecule has 0 radical (unpaired) electrons. The highest BCUT2D eigenvalue weighted by Gasteiger charge is 2.07. The number of benzene rings is 1. The van der Waals surface area contributed by atoms with Crippen molar-refractivity contribution in [2.75, 3.05) is 18.9 Å². The standard InChI is InChI=1S/C14H16FN3OS/c1-18(10-13-5-7-16-20-13)8-6-14(19)17-12-4-2-3-11(15)9-12/h2-5,7,9H,6,8,10H2,1H3,(H,17,19). The fraction of sp³-hybridized carbons (Fsp3) is 0.286. The van der Waals surface area contributed by atoms with E-state index >= 15 is 0 Å². The minimum atomic E-state index is -0.356. The van der Waals surface area contributed by atoms with E-state index in [1.54, 1.807) is 18.3 Å². The van der Waals surface area contributed by atoms with Crippen LogP contribution in [-0.2, 0) is 11.3 Å². The highest BCUT2D eigenvalue weighted by molar-refractivity contribution is 7.05. The first-order valence-corrected chi connectivity index (χ1v) is 7.04. The molecule has 20 heavy (non-hydrogen) atoms. The van der Waals surface area contributed by atoms with Crippen LogP contribution in [0.1, 0.15) is 11.3 Å². The van der Waals surface area contributed by atoms with Crippen molar-refractivity contribution in [1.29, 1.82) is 0 Å². The molecule has 1 amide bonds. The second-order valence-electron chi connectivity index (χ2n) is 4.53. The molecule has 4 nitrogen and oxygen atoms in total. The summed E-state index contributed by atoms with van der Waals surface area (Å²) in [6.45, 7) is 1.41. The highest BCUT2D eigenvalue weighted by atomic mass is 32.1. The van der Waals surface area contributed by atoms with Crippen molar-refractivity contribution in [3.8, 4) is 0 Å². The molecule has 0 saturated carbocycles. The van der Waals surface area contributed by atoms with E-state index in [2.05, 4.69) is 14.6 Å². The molecule has 0 aliphatic rings. The van der Waals surface area contributed by atoms with Gasteiger partial charge in [0, 0.05) is 36.3 Å². The molecule has 0 unspecified atom stereocenters. The number of carbonyl (C=O) groups is 1. The normalized spacial score (nSPS) is 10.8. The Morgan fingerprint density at radius 1 is 1.45 bits per heavy atom. The van der Waals surface area contributed by atoms with Gasteiger partial charge in [-0.2, -0.15) is 0 Å². The summed E-state index contributed by atoms with van der Waals surface area (Å²) >= 11 is 1.46. The van der Waals surface area contributed by atoms with Gasteiger partial charge >= 0.3 is 0 Å². The van der Waals surface area contributed by atoms with Crippen LogP contribution >= 0.6 is 11.5 Å². The zero-order valence-corrected chi connectivity index (χ0v) is 12.0. The summed E-state index contributed by atoms with van der Waals surface area (Å²) in [5.74, 6) is -0.475. The highest BCUT2D eigenvalue weighted by Crippen LogP contribution is 2.10. The molecular weight excluding hydrogens is 277 g/mol. The lowest BCUT2D eigenvalue weighted by atomic mass is 10.3. The predicted molar refractivity (Wildman–Crippen MR) is 78.1 cm³/mol. The van der Waals surface area contributed by atoms with Crippen molar-refractivity contribution in [1.82, 2.24) is 9.27 Å². The fourth-order valence-corrected chi connectivity index (χ4v) is 2.41. The van der Waals surface area contributed by atoms with Crippen molar-refractivity contribution in [3.05, 3.63) is 47.2 Å².